The van der Waals surface area contributed by atoms with Crippen molar-refractivity contribution >= 4 is 35.1 Å². The highest BCUT2D eigenvalue weighted by atomic mass is 35.5. The second kappa shape index (κ2) is 11.2. The van der Waals surface area contributed by atoms with Gasteiger partial charge in [0.2, 0.25) is 5.91 Å². The largest absolute Gasteiger partial charge is 0.368 e. The summed E-state index contributed by atoms with van der Waals surface area (Å²) in [5.74, 6) is 2.02. The number of hydrogen-bond donors (Lipinski definition) is 2. The van der Waals surface area contributed by atoms with Crippen LogP contribution in [0, 0.1) is 6.92 Å². The van der Waals surface area contributed by atoms with Crippen LogP contribution in [0.2, 0.25) is 5.02 Å². The SMILES string of the molecule is CC(=O)NCCNc1cc(N2CCN(C(=O)c3cccc(C)c3)CC2)nc(-c2ccc(Cl)cc2)n1. The predicted octanol–water partition coefficient (Wildman–Crippen LogP) is 3.62. The van der Waals surface area contributed by atoms with E-state index < -0.39 is 0 Å². The first kappa shape index (κ1) is 24.5. The Morgan fingerprint density at radius 3 is 2.40 bits per heavy atom. The summed E-state index contributed by atoms with van der Waals surface area (Å²) < 4.78 is 0. The van der Waals surface area contributed by atoms with E-state index in [9.17, 15) is 9.59 Å². The molecule has 2 aromatic carbocycles. The molecule has 3 aromatic rings. The third-order valence-electron chi connectivity index (χ3n) is 5.78. The van der Waals surface area contributed by atoms with Gasteiger partial charge in [0, 0.05) is 68.4 Å². The van der Waals surface area contributed by atoms with Gasteiger partial charge >= 0.3 is 0 Å². The van der Waals surface area contributed by atoms with Crippen LogP contribution < -0.4 is 15.5 Å². The van der Waals surface area contributed by atoms with Crippen LogP contribution >= 0.6 is 11.6 Å². The van der Waals surface area contributed by atoms with Crippen molar-refractivity contribution in [3.05, 3.63) is 70.7 Å². The molecular weight excluding hydrogens is 464 g/mol. The zero-order valence-corrected chi connectivity index (χ0v) is 20.7. The van der Waals surface area contributed by atoms with Crippen LogP contribution in [0.4, 0.5) is 11.6 Å². The van der Waals surface area contributed by atoms with E-state index in [1.54, 1.807) is 0 Å². The normalized spacial score (nSPS) is 13.5. The smallest absolute Gasteiger partial charge is 0.253 e. The van der Waals surface area contributed by atoms with Crippen LogP contribution in [0.15, 0.2) is 54.6 Å². The summed E-state index contributed by atoms with van der Waals surface area (Å²) in [4.78, 5) is 37.6. The fraction of sp³-hybridized carbons (Fsp3) is 0.308. The molecule has 0 bridgehead atoms. The Morgan fingerprint density at radius 2 is 1.71 bits per heavy atom. The number of amides is 2. The first-order valence-electron chi connectivity index (χ1n) is 11.6. The highest BCUT2D eigenvalue weighted by molar-refractivity contribution is 6.30. The predicted molar refractivity (Wildman–Crippen MR) is 139 cm³/mol. The number of carbonyl (C=O) groups excluding carboxylic acids is 2. The molecule has 35 heavy (non-hydrogen) atoms. The fourth-order valence-electron chi connectivity index (χ4n) is 3.94. The molecule has 182 valence electrons. The minimum atomic E-state index is -0.0740. The summed E-state index contributed by atoms with van der Waals surface area (Å²) in [6.45, 7) is 7.06. The molecule has 9 heteroatoms. The molecule has 2 heterocycles. The van der Waals surface area contributed by atoms with Gasteiger partial charge in [-0.25, -0.2) is 9.97 Å². The molecular formula is C26H29ClN6O2. The molecule has 1 saturated heterocycles. The summed E-state index contributed by atoms with van der Waals surface area (Å²) in [5.41, 5.74) is 2.65. The van der Waals surface area contributed by atoms with E-state index in [1.807, 2.05) is 66.4 Å². The number of rotatable bonds is 7. The summed E-state index contributed by atoms with van der Waals surface area (Å²) in [6.07, 6.45) is 0. The number of carbonyl (C=O) groups is 2. The topological polar surface area (TPSA) is 90.5 Å². The molecule has 8 nitrogen and oxygen atoms in total. The number of halogens is 1. The van der Waals surface area contributed by atoms with E-state index in [1.165, 1.54) is 6.92 Å². The lowest BCUT2D eigenvalue weighted by molar-refractivity contribution is -0.118. The molecule has 0 atom stereocenters. The average molecular weight is 493 g/mol. The highest BCUT2D eigenvalue weighted by Gasteiger charge is 2.24. The Kier molecular flexibility index (Phi) is 7.82. The van der Waals surface area contributed by atoms with Crippen LogP contribution in [-0.2, 0) is 4.79 Å². The zero-order chi connectivity index (χ0) is 24.8. The molecule has 0 spiro atoms. The van der Waals surface area contributed by atoms with Gasteiger partial charge in [-0.15, -0.1) is 0 Å². The number of aromatic nitrogens is 2. The van der Waals surface area contributed by atoms with Gasteiger partial charge in [-0.3, -0.25) is 9.59 Å². The Labute approximate surface area is 210 Å². The maximum absolute atomic E-state index is 12.9. The van der Waals surface area contributed by atoms with E-state index in [4.69, 9.17) is 16.6 Å². The van der Waals surface area contributed by atoms with Gasteiger partial charge in [0.25, 0.3) is 5.91 Å². The summed E-state index contributed by atoms with van der Waals surface area (Å²) >= 11 is 6.06. The summed E-state index contributed by atoms with van der Waals surface area (Å²) in [7, 11) is 0. The monoisotopic (exact) mass is 492 g/mol. The van der Waals surface area contributed by atoms with Gasteiger partial charge in [0.05, 0.1) is 0 Å². The fourth-order valence-corrected chi connectivity index (χ4v) is 4.07. The van der Waals surface area contributed by atoms with Crippen molar-refractivity contribution in [1.29, 1.82) is 0 Å². The van der Waals surface area contributed by atoms with Crippen LogP contribution in [0.3, 0.4) is 0 Å². The highest BCUT2D eigenvalue weighted by Crippen LogP contribution is 2.25. The number of nitrogens with zero attached hydrogens (tertiary/aromatic N) is 4. The van der Waals surface area contributed by atoms with Gasteiger partial charge in [-0.05, 0) is 43.3 Å². The second-order valence-corrected chi connectivity index (χ2v) is 8.94. The third-order valence-corrected chi connectivity index (χ3v) is 6.03. The minimum absolute atomic E-state index is 0.0539. The van der Waals surface area contributed by atoms with Gasteiger partial charge in [-0.2, -0.15) is 0 Å². The molecule has 4 rings (SSSR count). The summed E-state index contributed by atoms with van der Waals surface area (Å²) in [6, 6.07) is 17.0. The Bertz CT molecular complexity index is 1190. The molecule has 0 radical (unpaired) electrons. The van der Waals surface area contributed by atoms with Crippen molar-refractivity contribution in [2.75, 3.05) is 49.5 Å². The molecule has 2 amide bonds. The number of anilines is 2. The molecule has 1 fully saturated rings. The number of nitrogens with one attached hydrogen (secondary N) is 2. The van der Waals surface area contributed by atoms with Crippen LogP contribution in [0.5, 0.6) is 0 Å². The van der Waals surface area contributed by atoms with Gasteiger partial charge in [0.15, 0.2) is 5.82 Å². The van der Waals surface area contributed by atoms with Crippen molar-refractivity contribution in [2.45, 2.75) is 13.8 Å². The molecule has 1 aliphatic heterocycles. The number of benzene rings is 2. The number of aryl methyl sites for hydroxylation is 1. The Balaban J connectivity index is 1.50. The summed E-state index contributed by atoms with van der Waals surface area (Å²) in [5, 5.41) is 6.69. The van der Waals surface area contributed by atoms with E-state index in [2.05, 4.69) is 20.5 Å². The first-order chi connectivity index (χ1) is 16.9. The zero-order valence-electron chi connectivity index (χ0n) is 19.9. The quantitative estimate of drug-likeness (QED) is 0.490. The van der Waals surface area contributed by atoms with Gasteiger partial charge in [-0.1, -0.05) is 29.3 Å². The molecule has 1 aromatic heterocycles. The van der Waals surface area contributed by atoms with Crippen molar-refractivity contribution in [1.82, 2.24) is 20.2 Å². The maximum Gasteiger partial charge on any atom is 0.253 e. The van der Waals surface area contributed by atoms with Crippen molar-refractivity contribution < 1.29 is 9.59 Å². The Morgan fingerprint density at radius 1 is 0.971 bits per heavy atom. The standard InChI is InChI=1S/C26H29ClN6O2/c1-18-4-3-5-21(16-18)26(35)33-14-12-32(13-15-33)24-17-23(29-11-10-28-19(2)34)30-25(31-24)20-6-8-22(27)9-7-20/h3-9,16-17H,10-15H2,1-2H3,(H,28,34)(H,29,30,31). The Hall–Kier alpha value is -3.65. The van der Waals surface area contributed by atoms with E-state index >= 15 is 0 Å². The van der Waals surface area contributed by atoms with Crippen molar-refractivity contribution in [2.24, 2.45) is 0 Å². The molecule has 2 N–H and O–H groups in total. The van der Waals surface area contributed by atoms with E-state index in [0.29, 0.717) is 55.9 Å². The van der Waals surface area contributed by atoms with Crippen LogP contribution in [0.25, 0.3) is 11.4 Å². The molecule has 0 saturated carbocycles. The second-order valence-electron chi connectivity index (χ2n) is 8.50. The lowest BCUT2D eigenvalue weighted by atomic mass is 10.1. The van der Waals surface area contributed by atoms with Gasteiger partial charge < -0.3 is 20.4 Å². The van der Waals surface area contributed by atoms with Crippen LogP contribution in [-0.4, -0.2) is 66.0 Å². The van der Waals surface area contributed by atoms with Crippen LogP contribution in [0.1, 0.15) is 22.8 Å². The van der Waals surface area contributed by atoms with E-state index in [0.717, 1.165) is 22.5 Å². The lowest BCUT2D eigenvalue weighted by Gasteiger charge is -2.35. The van der Waals surface area contributed by atoms with E-state index in [-0.39, 0.29) is 11.8 Å². The molecule has 0 aliphatic carbocycles. The lowest BCUT2D eigenvalue weighted by Crippen LogP contribution is -2.49. The average Bonchev–Trinajstić information content (AvgIpc) is 2.86. The first-order valence-corrected chi connectivity index (χ1v) is 12.0. The maximum atomic E-state index is 12.9. The number of piperazine rings is 1. The van der Waals surface area contributed by atoms with Gasteiger partial charge in [0.1, 0.15) is 11.6 Å². The van der Waals surface area contributed by atoms with Crippen molar-refractivity contribution in [3.63, 3.8) is 0 Å². The molecule has 1 aliphatic rings. The number of hydrogen-bond acceptors (Lipinski definition) is 6. The third kappa shape index (κ3) is 6.48. The minimum Gasteiger partial charge on any atom is -0.368 e. The molecule has 0 unspecified atom stereocenters. The van der Waals surface area contributed by atoms with Crippen molar-refractivity contribution in [3.8, 4) is 11.4 Å².